The summed E-state index contributed by atoms with van der Waals surface area (Å²) in [5.74, 6) is 0.0633. The summed E-state index contributed by atoms with van der Waals surface area (Å²) >= 11 is 3.77. The molecule has 0 bridgehead atoms. The van der Waals surface area contributed by atoms with Gasteiger partial charge in [-0.2, -0.15) is 0 Å². The van der Waals surface area contributed by atoms with Crippen LogP contribution < -0.4 is 5.32 Å². The number of benzene rings is 1. The van der Waals surface area contributed by atoms with Gasteiger partial charge >= 0.3 is 0 Å². The van der Waals surface area contributed by atoms with Crippen LogP contribution in [0, 0.1) is 0 Å². The van der Waals surface area contributed by atoms with Crippen LogP contribution >= 0.6 is 15.9 Å². The Labute approximate surface area is 134 Å². The zero-order valence-electron chi connectivity index (χ0n) is 12.2. The normalized spacial score (nSPS) is 23.3. The average Bonchev–Trinajstić information content (AvgIpc) is 2.54. The Bertz CT molecular complexity index is 512. The molecule has 1 fully saturated rings. The van der Waals surface area contributed by atoms with E-state index in [0.29, 0.717) is 10.9 Å². The third-order valence-corrected chi connectivity index (χ3v) is 5.42. The van der Waals surface area contributed by atoms with Crippen LogP contribution in [0.2, 0.25) is 0 Å². The second-order valence-corrected chi connectivity index (χ2v) is 7.06. The van der Waals surface area contributed by atoms with E-state index in [4.69, 9.17) is 4.74 Å². The molecule has 1 saturated heterocycles. The number of carbonyl (C=O) groups is 1. The number of ether oxygens (including phenoxy) is 1. The monoisotopic (exact) mass is 351 g/mol. The molecule has 21 heavy (non-hydrogen) atoms. The number of halogens is 1. The molecule has 3 nitrogen and oxygen atoms in total. The van der Waals surface area contributed by atoms with E-state index in [9.17, 15) is 4.79 Å². The zero-order chi connectivity index (χ0) is 14.7. The maximum absolute atomic E-state index is 11.9. The molecule has 2 aliphatic rings. The minimum absolute atomic E-state index is 0.0633. The molecule has 0 radical (unpaired) electrons. The predicted octanol–water partition coefficient (Wildman–Crippen LogP) is 3.76. The standard InChI is InChI=1S/C17H22BrNO2/c18-16(7-6-14-3-1-2-10-21-14)13-5-4-12-8-9-19-17(20)15(12)11-13/h4-5,11,14,16H,1-3,6-10H2,(H,19,20). The van der Waals surface area contributed by atoms with Crippen molar-refractivity contribution in [3.8, 4) is 0 Å². The Morgan fingerprint density at radius 1 is 1.38 bits per heavy atom. The van der Waals surface area contributed by atoms with Gasteiger partial charge in [0.2, 0.25) is 0 Å². The Morgan fingerprint density at radius 3 is 3.10 bits per heavy atom. The van der Waals surface area contributed by atoms with Crippen molar-refractivity contribution in [2.45, 2.75) is 49.5 Å². The Hall–Kier alpha value is -0.870. The summed E-state index contributed by atoms with van der Waals surface area (Å²) in [4.78, 5) is 12.2. The predicted molar refractivity (Wildman–Crippen MR) is 87.0 cm³/mol. The summed E-state index contributed by atoms with van der Waals surface area (Å²) < 4.78 is 5.79. The third kappa shape index (κ3) is 3.67. The number of amides is 1. The smallest absolute Gasteiger partial charge is 0.251 e. The molecule has 114 valence electrons. The Kier molecular flexibility index (Phi) is 4.96. The number of hydrogen-bond acceptors (Lipinski definition) is 2. The van der Waals surface area contributed by atoms with E-state index in [1.165, 1.54) is 24.8 Å². The quantitative estimate of drug-likeness (QED) is 0.838. The van der Waals surface area contributed by atoms with Gasteiger partial charge in [-0.25, -0.2) is 0 Å². The van der Waals surface area contributed by atoms with Gasteiger partial charge in [0, 0.05) is 23.5 Å². The first-order chi connectivity index (χ1) is 10.2. The van der Waals surface area contributed by atoms with Gasteiger partial charge < -0.3 is 10.1 Å². The van der Waals surface area contributed by atoms with E-state index in [1.807, 2.05) is 6.07 Å². The lowest BCUT2D eigenvalue weighted by atomic mass is 9.95. The Balaban J connectivity index is 1.63. The van der Waals surface area contributed by atoms with Gasteiger partial charge in [0.15, 0.2) is 0 Å². The highest BCUT2D eigenvalue weighted by Gasteiger charge is 2.20. The summed E-state index contributed by atoms with van der Waals surface area (Å²) in [7, 11) is 0. The fraction of sp³-hybridized carbons (Fsp3) is 0.588. The van der Waals surface area contributed by atoms with E-state index in [0.717, 1.165) is 43.5 Å². The minimum atomic E-state index is 0.0633. The summed E-state index contributed by atoms with van der Waals surface area (Å²) in [6.45, 7) is 1.67. The van der Waals surface area contributed by atoms with Crippen molar-refractivity contribution < 1.29 is 9.53 Å². The van der Waals surface area contributed by atoms with E-state index in [-0.39, 0.29) is 5.91 Å². The second-order valence-electron chi connectivity index (χ2n) is 5.96. The number of hydrogen-bond donors (Lipinski definition) is 1. The van der Waals surface area contributed by atoms with Crippen LogP contribution in [0.5, 0.6) is 0 Å². The van der Waals surface area contributed by atoms with Gasteiger partial charge in [-0.05, 0) is 55.7 Å². The molecule has 2 atom stereocenters. The highest BCUT2D eigenvalue weighted by atomic mass is 79.9. The van der Waals surface area contributed by atoms with Gasteiger partial charge in [-0.15, -0.1) is 0 Å². The largest absolute Gasteiger partial charge is 0.378 e. The second kappa shape index (κ2) is 6.93. The molecule has 0 spiro atoms. The van der Waals surface area contributed by atoms with Crippen LogP contribution in [0.4, 0.5) is 0 Å². The first-order valence-electron chi connectivity index (χ1n) is 7.91. The lowest BCUT2D eigenvalue weighted by molar-refractivity contribution is 0.0102. The van der Waals surface area contributed by atoms with E-state index in [2.05, 4.69) is 33.4 Å². The molecule has 0 aliphatic carbocycles. The molecule has 0 aromatic heterocycles. The van der Waals surface area contributed by atoms with Gasteiger partial charge in [0.1, 0.15) is 0 Å². The molecular weight excluding hydrogens is 330 g/mol. The summed E-state index contributed by atoms with van der Waals surface area (Å²) in [6.07, 6.45) is 7.16. The molecule has 1 amide bonds. The van der Waals surface area contributed by atoms with Crippen molar-refractivity contribution in [1.29, 1.82) is 0 Å². The summed E-state index contributed by atoms with van der Waals surface area (Å²) in [5.41, 5.74) is 3.21. The van der Waals surface area contributed by atoms with Crippen molar-refractivity contribution in [1.82, 2.24) is 5.32 Å². The number of rotatable bonds is 4. The molecule has 3 rings (SSSR count). The van der Waals surface area contributed by atoms with Crippen molar-refractivity contribution in [3.05, 3.63) is 34.9 Å². The maximum Gasteiger partial charge on any atom is 0.251 e. The van der Waals surface area contributed by atoms with Crippen LogP contribution in [0.1, 0.15) is 58.4 Å². The summed E-state index contributed by atoms with van der Waals surface area (Å²) in [6, 6.07) is 6.30. The molecule has 4 heteroatoms. The van der Waals surface area contributed by atoms with Crippen LogP contribution in [-0.4, -0.2) is 25.2 Å². The number of fused-ring (bicyclic) bond motifs is 1. The SMILES string of the molecule is O=C1NCCc2ccc(C(Br)CCC3CCCCO3)cc21. The molecule has 0 saturated carbocycles. The van der Waals surface area contributed by atoms with Crippen LogP contribution in [-0.2, 0) is 11.2 Å². The number of nitrogens with one attached hydrogen (secondary N) is 1. The van der Waals surface area contributed by atoms with Gasteiger partial charge in [-0.3, -0.25) is 4.79 Å². The average molecular weight is 352 g/mol. The van der Waals surface area contributed by atoms with Crippen molar-refractivity contribution in [3.63, 3.8) is 0 Å². The van der Waals surface area contributed by atoms with Crippen LogP contribution in [0.25, 0.3) is 0 Å². The van der Waals surface area contributed by atoms with Crippen LogP contribution in [0.15, 0.2) is 18.2 Å². The molecule has 2 unspecified atom stereocenters. The highest BCUT2D eigenvalue weighted by Crippen LogP contribution is 2.32. The van der Waals surface area contributed by atoms with E-state index < -0.39 is 0 Å². The molecular formula is C17H22BrNO2. The number of carbonyl (C=O) groups excluding carboxylic acids is 1. The van der Waals surface area contributed by atoms with Crippen molar-refractivity contribution >= 4 is 21.8 Å². The van der Waals surface area contributed by atoms with Gasteiger partial charge in [-0.1, -0.05) is 28.1 Å². The molecule has 1 aromatic rings. The molecule has 1 N–H and O–H groups in total. The topological polar surface area (TPSA) is 38.3 Å². The third-order valence-electron chi connectivity index (χ3n) is 4.44. The van der Waals surface area contributed by atoms with Crippen molar-refractivity contribution in [2.75, 3.05) is 13.2 Å². The Morgan fingerprint density at radius 2 is 2.29 bits per heavy atom. The van der Waals surface area contributed by atoms with E-state index in [1.54, 1.807) is 0 Å². The van der Waals surface area contributed by atoms with Gasteiger partial charge in [0.05, 0.1) is 6.10 Å². The fourth-order valence-corrected chi connectivity index (χ4v) is 3.71. The number of alkyl halides is 1. The molecule has 2 heterocycles. The summed E-state index contributed by atoms with van der Waals surface area (Å²) in [5, 5.41) is 2.91. The fourth-order valence-electron chi connectivity index (χ4n) is 3.16. The van der Waals surface area contributed by atoms with Crippen LogP contribution in [0.3, 0.4) is 0 Å². The lowest BCUT2D eigenvalue weighted by Crippen LogP contribution is -2.31. The molecule has 1 aromatic carbocycles. The highest BCUT2D eigenvalue weighted by molar-refractivity contribution is 9.09. The maximum atomic E-state index is 11.9. The first kappa shape index (κ1) is 15.0. The first-order valence-corrected chi connectivity index (χ1v) is 8.82. The van der Waals surface area contributed by atoms with E-state index >= 15 is 0 Å². The van der Waals surface area contributed by atoms with Gasteiger partial charge in [0.25, 0.3) is 5.91 Å². The minimum Gasteiger partial charge on any atom is -0.378 e. The lowest BCUT2D eigenvalue weighted by Gasteiger charge is -2.24. The molecule has 2 aliphatic heterocycles. The van der Waals surface area contributed by atoms with Crippen molar-refractivity contribution in [2.24, 2.45) is 0 Å². The zero-order valence-corrected chi connectivity index (χ0v) is 13.8.